The first-order valence-corrected chi connectivity index (χ1v) is 5.59. The summed E-state index contributed by atoms with van der Waals surface area (Å²) in [6, 6.07) is 7.19. The average Bonchev–Trinajstić information content (AvgIpc) is 2.71. The molecular formula is C11H10BrNO3. The van der Waals surface area contributed by atoms with E-state index >= 15 is 0 Å². The van der Waals surface area contributed by atoms with E-state index in [1.165, 1.54) is 0 Å². The molecule has 0 aliphatic carbocycles. The third kappa shape index (κ3) is 2.10. The van der Waals surface area contributed by atoms with Gasteiger partial charge in [-0.15, -0.1) is 0 Å². The Kier molecular flexibility index (Phi) is 3.26. The summed E-state index contributed by atoms with van der Waals surface area (Å²) in [5.41, 5.74) is 0.656. The smallest absolute Gasteiger partial charge is 0.287 e. The Morgan fingerprint density at radius 3 is 3.00 bits per heavy atom. The Balaban J connectivity index is 2.32. The molecule has 1 heterocycles. The molecule has 0 aliphatic rings. The molecule has 0 aliphatic heterocycles. The lowest BCUT2D eigenvalue weighted by Gasteiger charge is -1.97. The Hall–Kier alpha value is -1.33. The number of hydrogen-bond acceptors (Lipinski definition) is 3. The van der Waals surface area contributed by atoms with Crippen molar-refractivity contribution >= 4 is 32.8 Å². The molecule has 5 heteroatoms. The molecule has 0 atom stereocenters. The lowest BCUT2D eigenvalue weighted by Crippen LogP contribution is -2.25. The van der Waals surface area contributed by atoms with Crippen molar-refractivity contribution in [3.8, 4) is 0 Å². The number of fused-ring (bicyclic) bond motifs is 1. The number of hydrogen-bond donors (Lipinski definition) is 2. The highest BCUT2D eigenvalue weighted by molar-refractivity contribution is 9.10. The number of aliphatic hydroxyl groups excluding tert-OH is 1. The summed E-state index contributed by atoms with van der Waals surface area (Å²) < 4.78 is 6.27. The lowest BCUT2D eigenvalue weighted by atomic mass is 10.2. The van der Waals surface area contributed by atoms with Gasteiger partial charge in [-0.1, -0.05) is 22.0 Å². The summed E-state index contributed by atoms with van der Waals surface area (Å²) in [5, 5.41) is 12.0. The zero-order valence-corrected chi connectivity index (χ0v) is 9.95. The lowest BCUT2D eigenvalue weighted by molar-refractivity contribution is 0.0919. The predicted molar refractivity (Wildman–Crippen MR) is 63.3 cm³/mol. The van der Waals surface area contributed by atoms with Crippen molar-refractivity contribution in [3.05, 3.63) is 34.5 Å². The van der Waals surface area contributed by atoms with Gasteiger partial charge in [-0.25, -0.2) is 0 Å². The van der Waals surface area contributed by atoms with Crippen LogP contribution < -0.4 is 5.32 Å². The quantitative estimate of drug-likeness (QED) is 0.905. The molecule has 84 valence electrons. The van der Waals surface area contributed by atoms with Gasteiger partial charge in [0.15, 0.2) is 5.76 Å². The minimum atomic E-state index is -0.322. The Morgan fingerprint density at radius 2 is 2.31 bits per heavy atom. The third-order valence-electron chi connectivity index (χ3n) is 2.13. The summed E-state index contributed by atoms with van der Waals surface area (Å²) in [6.45, 7) is 0.132. The van der Waals surface area contributed by atoms with E-state index in [0.29, 0.717) is 5.58 Å². The number of furan rings is 1. The second kappa shape index (κ2) is 4.67. The normalized spacial score (nSPS) is 10.6. The van der Waals surface area contributed by atoms with Crippen molar-refractivity contribution in [2.45, 2.75) is 0 Å². The van der Waals surface area contributed by atoms with Gasteiger partial charge in [0.2, 0.25) is 0 Å². The molecule has 2 N–H and O–H groups in total. The second-order valence-corrected chi connectivity index (χ2v) is 4.10. The van der Waals surface area contributed by atoms with E-state index in [1.54, 1.807) is 12.1 Å². The van der Waals surface area contributed by atoms with Gasteiger partial charge in [-0.05, 0) is 18.2 Å². The topological polar surface area (TPSA) is 62.5 Å². The maximum Gasteiger partial charge on any atom is 0.287 e. The average molecular weight is 284 g/mol. The van der Waals surface area contributed by atoms with Crippen molar-refractivity contribution < 1.29 is 14.3 Å². The number of aliphatic hydroxyl groups is 1. The van der Waals surface area contributed by atoms with E-state index in [-0.39, 0.29) is 24.8 Å². The molecule has 1 aromatic carbocycles. The Morgan fingerprint density at radius 1 is 1.50 bits per heavy atom. The molecule has 0 radical (unpaired) electrons. The van der Waals surface area contributed by atoms with Crippen LogP contribution in [0.25, 0.3) is 11.0 Å². The van der Waals surface area contributed by atoms with E-state index in [0.717, 1.165) is 9.86 Å². The molecule has 2 aromatic rings. The first kappa shape index (κ1) is 11.2. The van der Waals surface area contributed by atoms with E-state index in [9.17, 15) is 4.79 Å². The number of amides is 1. The third-order valence-corrected chi connectivity index (χ3v) is 2.82. The fourth-order valence-corrected chi connectivity index (χ4v) is 1.86. The van der Waals surface area contributed by atoms with E-state index in [4.69, 9.17) is 9.52 Å². The number of benzene rings is 1. The predicted octanol–water partition coefficient (Wildman–Crippen LogP) is 1.92. The van der Waals surface area contributed by atoms with Gasteiger partial charge in [0, 0.05) is 16.4 Å². The SMILES string of the molecule is O=C(NCCO)c1cc2c(Br)cccc2o1. The fourth-order valence-electron chi connectivity index (χ4n) is 1.39. The highest BCUT2D eigenvalue weighted by Crippen LogP contribution is 2.26. The zero-order chi connectivity index (χ0) is 11.5. The van der Waals surface area contributed by atoms with E-state index < -0.39 is 0 Å². The van der Waals surface area contributed by atoms with E-state index in [2.05, 4.69) is 21.2 Å². The first-order chi connectivity index (χ1) is 7.72. The molecule has 0 unspecified atom stereocenters. The summed E-state index contributed by atoms with van der Waals surface area (Å²) in [4.78, 5) is 11.6. The van der Waals surface area contributed by atoms with Gasteiger partial charge in [0.05, 0.1) is 6.61 Å². The van der Waals surface area contributed by atoms with E-state index in [1.807, 2.05) is 12.1 Å². The maximum absolute atomic E-state index is 11.6. The summed E-state index contributed by atoms with van der Waals surface area (Å²) in [6.07, 6.45) is 0. The van der Waals surface area contributed by atoms with Crippen LogP contribution in [0.5, 0.6) is 0 Å². The Bertz CT molecular complexity index is 521. The van der Waals surface area contributed by atoms with Crippen LogP contribution in [0.15, 0.2) is 33.2 Å². The van der Waals surface area contributed by atoms with Gasteiger partial charge in [0.25, 0.3) is 5.91 Å². The number of nitrogens with one attached hydrogen (secondary N) is 1. The molecule has 1 amide bonds. The van der Waals surface area contributed by atoms with Crippen molar-refractivity contribution in [1.29, 1.82) is 0 Å². The van der Waals surface area contributed by atoms with Crippen LogP contribution in [-0.4, -0.2) is 24.2 Å². The second-order valence-electron chi connectivity index (χ2n) is 3.24. The van der Waals surface area contributed by atoms with Gasteiger partial charge < -0.3 is 14.8 Å². The molecular weight excluding hydrogens is 274 g/mol. The van der Waals surface area contributed by atoms with Crippen LogP contribution in [-0.2, 0) is 0 Å². The summed E-state index contributed by atoms with van der Waals surface area (Å²) in [7, 11) is 0. The maximum atomic E-state index is 11.6. The highest BCUT2D eigenvalue weighted by Gasteiger charge is 2.12. The summed E-state index contributed by atoms with van der Waals surface area (Å²) >= 11 is 3.38. The van der Waals surface area contributed by atoms with Crippen LogP contribution in [0, 0.1) is 0 Å². The number of carbonyl (C=O) groups is 1. The molecule has 16 heavy (non-hydrogen) atoms. The van der Waals surface area contributed by atoms with Crippen LogP contribution in [0.2, 0.25) is 0 Å². The van der Waals surface area contributed by atoms with Gasteiger partial charge >= 0.3 is 0 Å². The highest BCUT2D eigenvalue weighted by atomic mass is 79.9. The summed E-state index contributed by atoms with van der Waals surface area (Å²) in [5.74, 6) is -0.0764. The monoisotopic (exact) mass is 283 g/mol. The molecule has 4 nitrogen and oxygen atoms in total. The minimum absolute atomic E-state index is 0.0876. The standard InChI is InChI=1S/C11H10BrNO3/c12-8-2-1-3-9-7(8)6-10(16-9)11(15)13-4-5-14/h1-3,6,14H,4-5H2,(H,13,15). The number of halogens is 1. The molecule has 1 aromatic heterocycles. The van der Waals surface area contributed by atoms with Crippen molar-refractivity contribution in [2.24, 2.45) is 0 Å². The molecule has 0 bridgehead atoms. The molecule has 0 saturated heterocycles. The van der Waals surface area contributed by atoms with Crippen molar-refractivity contribution in [2.75, 3.05) is 13.2 Å². The van der Waals surface area contributed by atoms with Crippen molar-refractivity contribution in [3.63, 3.8) is 0 Å². The van der Waals surface area contributed by atoms with Crippen LogP contribution in [0.4, 0.5) is 0 Å². The molecule has 0 fully saturated rings. The minimum Gasteiger partial charge on any atom is -0.451 e. The number of rotatable bonds is 3. The van der Waals surface area contributed by atoms with Crippen molar-refractivity contribution in [1.82, 2.24) is 5.32 Å². The van der Waals surface area contributed by atoms with Crippen LogP contribution >= 0.6 is 15.9 Å². The van der Waals surface area contributed by atoms with Gasteiger partial charge in [0.1, 0.15) is 5.58 Å². The zero-order valence-electron chi connectivity index (χ0n) is 8.37. The van der Waals surface area contributed by atoms with Gasteiger partial charge in [-0.2, -0.15) is 0 Å². The fraction of sp³-hybridized carbons (Fsp3) is 0.182. The van der Waals surface area contributed by atoms with Crippen LogP contribution in [0.3, 0.4) is 0 Å². The Labute approximate surface area is 100 Å². The number of carbonyl (C=O) groups excluding carboxylic acids is 1. The molecule has 0 spiro atoms. The largest absolute Gasteiger partial charge is 0.451 e. The molecule has 0 saturated carbocycles. The first-order valence-electron chi connectivity index (χ1n) is 4.79. The molecule has 2 rings (SSSR count). The van der Waals surface area contributed by atoms with Crippen LogP contribution in [0.1, 0.15) is 10.6 Å². The van der Waals surface area contributed by atoms with Gasteiger partial charge in [-0.3, -0.25) is 4.79 Å².